The Labute approximate surface area is 125 Å². The van der Waals surface area contributed by atoms with Gasteiger partial charge in [0.05, 0.1) is 12.0 Å². The highest BCUT2D eigenvalue weighted by Gasteiger charge is 2.38. The number of carbonyl (C=O) groups is 2. The van der Waals surface area contributed by atoms with Crippen LogP contribution in [-0.2, 0) is 19.7 Å². The predicted octanol–water partition coefficient (Wildman–Crippen LogP) is 1.91. The summed E-state index contributed by atoms with van der Waals surface area (Å²) in [6, 6.07) is 8.87. The Balaban J connectivity index is 2.93. The minimum absolute atomic E-state index is 0.0656. The van der Waals surface area contributed by atoms with Crippen LogP contribution < -0.4 is 0 Å². The Morgan fingerprint density at radius 1 is 1.29 bits per heavy atom. The topological polar surface area (TPSA) is 66.8 Å². The van der Waals surface area contributed by atoms with E-state index in [4.69, 9.17) is 4.74 Å². The van der Waals surface area contributed by atoms with Crippen molar-refractivity contribution in [2.45, 2.75) is 25.7 Å². The molecule has 5 heteroatoms. The van der Waals surface area contributed by atoms with Crippen molar-refractivity contribution >= 4 is 11.9 Å². The summed E-state index contributed by atoms with van der Waals surface area (Å²) in [4.78, 5) is 25.7. The van der Waals surface area contributed by atoms with Gasteiger partial charge in [0.25, 0.3) is 0 Å². The van der Waals surface area contributed by atoms with Crippen LogP contribution in [0.5, 0.6) is 0 Å². The van der Waals surface area contributed by atoms with Gasteiger partial charge >= 0.3 is 5.97 Å². The quantitative estimate of drug-likeness (QED) is 0.795. The molecule has 1 amide bonds. The van der Waals surface area contributed by atoms with Gasteiger partial charge in [-0.3, -0.25) is 9.59 Å². The fraction of sp³-hybridized carbons (Fsp3) is 0.500. The van der Waals surface area contributed by atoms with Crippen molar-refractivity contribution in [1.82, 2.24) is 4.90 Å². The van der Waals surface area contributed by atoms with Crippen LogP contribution in [0.4, 0.5) is 0 Å². The molecule has 1 aromatic rings. The van der Waals surface area contributed by atoms with Crippen LogP contribution in [-0.4, -0.2) is 48.7 Å². The molecule has 1 aromatic carbocycles. The Kier molecular flexibility index (Phi) is 6.37. The maximum absolute atomic E-state index is 12.4. The minimum atomic E-state index is -1.22. The SMILES string of the molecule is CCN(CCOC)C(=O)CC(C)(C(=O)O)c1ccccc1. The van der Waals surface area contributed by atoms with E-state index in [2.05, 4.69) is 0 Å². The lowest BCUT2D eigenvalue weighted by molar-refractivity contribution is -0.147. The molecule has 0 aliphatic carbocycles. The lowest BCUT2D eigenvalue weighted by Crippen LogP contribution is -2.41. The van der Waals surface area contributed by atoms with Crippen molar-refractivity contribution in [3.8, 4) is 0 Å². The van der Waals surface area contributed by atoms with E-state index in [1.807, 2.05) is 13.0 Å². The highest BCUT2D eigenvalue weighted by atomic mass is 16.5. The molecular weight excluding hydrogens is 270 g/mol. The number of hydrogen-bond acceptors (Lipinski definition) is 3. The van der Waals surface area contributed by atoms with Crippen molar-refractivity contribution in [2.24, 2.45) is 0 Å². The summed E-state index contributed by atoms with van der Waals surface area (Å²) >= 11 is 0. The average molecular weight is 293 g/mol. The molecule has 0 fully saturated rings. The van der Waals surface area contributed by atoms with E-state index in [0.717, 1.165) is 0 Å². The first-order valence-corrected chi connectivity index (χ1v) is 7.01. The number of likely N-dealkylation sites (N-methyl/N-ethyl adjacent to an activating group) is 1. The van der Waals surface area contributed by atoms with Crippen LogP contribution in [0, 0.1) is 0 Å². The van der Waals surface area contributed by atoms with E-state index in [-0.39, 0.29) is 12.3 Å². The van der Waals surface area contributed by atoms with Crippen LogP contribution in [0.15, 0.2) is 30.3 Å². The monoisotopic (exact) mass is 293 g/mol. The van der Waals surface area contributed by atoms with Crippen molar-refractivity contribution < 1.29 is 19.4 Å². The number of nitrogens with zero attached hydrogens (tertiary/aromatic N) is 1. The van der Waals surface area contributed by atoms with Gasteiger partial charge in [-0.05, 0) is 19.4 Å². The van der Waals surface area contributed by atoms with Gasteiger partial charge in [-0.1, -0.05) is 30.3 Å². The van der Waals surface area contributed by atoms with E-state index in [1.54, 1.807) is 43.2 Å². The molecule has 1 atom stereocenters. The number of amides is 1. The smallest absolute Gasteiger partial charge is 0.314 e. The molecular formula is C16H23NO4. The second-order valence-electron chi connectivity index (χ2n) is 5.15. The van der Waals surface area contributed by atoms with Crippen molar-refractivity contribution in [1.29, 1.82) is 0 Å². The second kappa shape index (κ2) is 7.78. The van der Waals surface area contributed by atoms with Crippen LogP contribution in [0.2, 0.25) is 0 Å². The van der Waals surface area contributed by atoms with E-state index < -0.39 is 11.4 Å². The number of methoxy groups -OCH3 is 1. The Hall–Kier alpha value is -1.88. The third kappa shape index (κ3) is 4.29. The predicted molar refractivity (Wildman–Crippen MR) is 80.2 cm³/mol. The summed E-state index contributed by atoms with van der Waals surface area (Å²) in [6.07, 6.45) is -0.0656. The first-order chi connectivity index (χ1) is 9.95. The third-order valence-corrected chi connectivity index (χ3v) is 3.69. The molecule has 5 nitrogen and oxygen atoms in total. The first kappa shape index (κ1) is 17.2. The fourth-order valence-corrected chi connectivity index (χ4v) is 2.18. The number of rotatable bonds is 8. The molecule has 1 rings (SSSR count). The number of carboxylic acids is 1. The number of hydrogen-bond donors (Lipinski definition) is 1. The number of ether oxygens (including phenoxy) is 1. The Bertz CT molecular complexity index is 474. The molecule has 0 aliphatic rings. The molecule has 0 heterocycles. The second-order valence-corrected chi connectivity index (χ2v) is 5.15. The first-order valence-electron chi connectivity index (χ1n) is 7.01. The molecule has 0 aliphatic heterocycles. The van der Waals surface area contributed by atoms with Crippen LogP contribution >= 0.6 is 0 Å². The molecule has 1 unspecified atom stereocenters. The van der Waals surface area contributed by atoms with Gasteiger partial charge in [0.2, 0.25) is 5.91 Å². The Morgan fingerprint density at radius 2 is 1.90 bits per heavy atom. The third-order valence-electron chi connectivity index (χ3n) is 3.69. The number of carbonyl (C=O) groups excluding carboxylic acids is 1. The van der Waals surface area contributed by atoms with Crippen molar-refractivity contribution in [3.05, 3.63) is 35.9 Å². The van der Waals surface area contributed by atoms with Gasteiger partial charge in [0.1, 0.15) is 0 Å². The largest absolute Gasteiger partial charge is 0.481 e. The van der Waals surface area contributed by atoms with Gasteiger partial charge in [0.15, 0.2) is 0 Å². The Morgan fingerprint density at radius 3 is 2.38 bits per heavy atom. The molecule has 0 spiro atoms. The molecule has 0 saturated carbocycles. The standard InChI is InChI=1S/C16H23NO4/c1-4-17(10-11-21-3)14(18)12-16(2,15(19)20)13-8-6-5-7-9-13/h5-9H,4,10-12H2,1-3H3,(H,19,20). The van der Waals surface area contributed by atoms with E-state index in [1.165, 1.54) is 0 Å². The average Bonchev–Trinajstić information content (AvgIpc) is 2.48. The van der Waals surface area contributed by atoms with Crippen molar-refractivity contribution in [3.63, 3.8) is 0 Å². The summed E-state index contributed by atoms with van der Waals surface area (Å²) < 4.78 is 4.98. The fourth-order valence-electron chi connectivity index (χ4n) is 2.18. The van der Waals surface area contributed by atoms with E-state index in [0.29, 0.717) is 25.3 Å². The summed E-state index contributed by atoms with van der Waals surface area (Å²) in [7, 11) is 1.57. The normalized spacial score (nSPS) is 13.5. The zero-order valence-electron chi connectivity index (χ0n) is 12.8. The highest BCUT2D eigenvalue weighted by Crippen LogP contribution is 2.28. The number of carboxylic acid groups (broad SMARTS) is 1. The number of benzene rings is 1. The van der Waals surface area contributed by atoms with Gasteiger partial charge < -0.3 is 14.7 Å². The minimum Gasteiger partial charge on any atom is -0.481 e. The van der Waals surface area contributed by atoms with E-state index in [9.17, 15) is 14.7 Å². The highest BCUT2D eigenvalue weighted by molar-refractivity contribution is 5.89. The molecule has 0 bridgehead atoms. The molecule has 0 saturated heterocycles. The zero-order valence-corrected chi connectivity index (χ0v) is 12.8. The van der Waals surface area contributed by atoms with Gasteiger partial charge in [-0.25, -0.2) is 0 Å². The van der Waals surface area contributed by atoms with Gasteiger partial charge in [-0.15, -0.1) is 0 Å². The summed E-state index contributed by atoms with van der Waals surface area (Å²) in [5.74, 6) is -1.17. The maximum atomic E-state index is 12.4. The number of aliphatic carboxylic acids is 1. The summed E-state index contributed by atoms with van der Waals surface area (Å²) in [5, 5.41) is 9.57. The lowest BCUT2D eigenvalue weighted by atomic mass is 9.79. The van der Waals surface area contributed by atoms with Crippen LogP contribution in [0.3, 0.4) is 0 Å². The van der Waals surface area contributed by atoms with Gasteiger partial charge in [0, 0.05) is 26.6 Å². The zero-order chi connectivity index (χ0) is 15.9. The van der Waals surface area contributed by atoms with Crippen LogP contribution in [0.25, 0.3) is 0 Å². The summed E-state index contributed by atoms with van der Waals surface area (Å²) in [5.41, 5.74) is -0.590. The molecule has 0 radical (unpaired) electrons. The molecule has 0 aromatic heterocycles. The molecule has 21 heavy (non-hydrogen) atoms. The van der Waals surface area contributed by atoms with Crippen LogP contribution in [0.1, 0.15) is 25.8 Å². The molecule has 116 valence electrons. The molecule has 1 N–H and O–H groups in total. The van der Waals surface area contributed by atoms with E-state index >= 15 is 0 Å². The lowest BCUT2D eigenvalue weighted by Gasteiger charge is -2.28. The van der Waals surface area contributed by atoms with Crippen molar-refractivity contribution in [2.75, 3.05) is 26.8 Å². The van der Waals surface area contributed by atoms with Gasteiger partial charge in [-0.2, -0.15) is 0 Å². The summed E-state index contributed by atoms with van der Waals surface area (Å²) in [6.45, 7) is 4.90. The maximum Gasteiger partial charge on any atom is 0.314 e.